The van der Waals surface area contributed by atoms with Crippen molar-refractivity contribution in [3.63, 3.8) is 0 Å². The Hall–Kier alpha value is -3.87. The molecule has 0 saturated heterocycles. The molecule has 176 valence electrons. The average molecular weight is 462 g/mol. The SMILES string of the molecule is CC(=O)c1c(O)c(C)c(O)c2c1OC1=CC(=O)C(=C(C)NCCCc3ccccc3)C(=O)[C@@]12C. The van der Waals surface area contributed by atoms with Gasteiger partial charge in [0.2, 0.25) is 0 Å². The highest BCUT2D eigenvalue weighted by Crippen LogP contribution is 2.57. The van der Waals surface area contributed by atoms with Crippen molar-refractivity contribution < 1.29 is 29.3 Å². The Bertz CT molecular complexity index is 1290. The molecule has 2 aliphatic rings. The molecule has 1 aliphatic carbocycles. The van der Waals surface area contributed by atoms with Gasteiger partial charge in [-0.25, -0.2) is 0 Å². The summed E-state index contributed by atoms with van der Waals surface area (Å²) in [6, 6.07) is 10.0. The summed E-state index contributed by atoms with van der Waals surface area (Å²) in [7, 11) is 0. The summed E-state index contributed by atoms with van der Waals surface area (Å²) in [4.78, 5) is 38.9. The molecule has 0 radical (unpaired) electrons. The van der Waals surface area contributed by atoms with E-state index in [2.05, 4.69) is 5.32 Å². The molecule has 0 unspecified atom stereocenters. The van der Waals surface area contributed by atoms with E-state index in [0.717, 1.165) is 12.8 Å². The average Bonchev–Trinajstić information content (AvgIpc) is 3.09. The number of nitrogens with one attached hydrogen (secondary N) is 1. The van der Waals surface area contributed by atoms with E-state index < -0.39 is 28.5 Å². The third-order valence-electron chi connectivity index (χ3n) is 6.64. The molecule has 7 nitrogen and oxygen atoms in total. The zero-order valence-electron chi connectivity index (χ0n) is 19.6. The van der Waals surface area contributed by atoms with Crippen LogP contribution in [0, 0.1) is 6.92 Å². The van der Waals surface area contributed by atoms with Crippen molar-refractivity contribution in [3.8, 4) is 17.2 Å². The first kappa shape index (κ1) is 23.3. The fourth-order valence-electron chi connectivity index (χ4n) is 4.66. The van der Waals surface area contributed by atoms with Crippen LogP contribution < -0.4 is 10.1 Å². The van der Waals surface area contributed by atoms with E-state index in [0.29, 0.717) is 12.2 Å². The quantitative estimate of drug-likeness (QED) is 0.260. The molecule has 0 bridgehead atoms. The van der Waals surface area contributed by atoms with Crippen molar-refractivity contribution in [1.82, 2.24) is 5.32 Å². The Balaban J connectivity index is 1.69. The minimum Gasteiger partial charge on any atom is -0.507 e. The number of aromatic hydroxyl groups is 2. The predicted octanol–water partition coefficient (Wildman–Crippen LogP) is 3.79. The van der Waals surface area contributed by atoms with Crippen molar-refractivity contribution in [2.24, 2.45) is 0 Å². The minimum absolute atomic E-state index is 0.0167. The van der Waals surface area contributed by atoms with Gasteiger partial charge in [0.05, 0.1) is 11.1 Å². The molecule has 0 spiro atoms. The lowest BCUT2D eigenvalue weighted by Gasteiger charge is -2.29. The second kappa shape index (κ2) is 8.48. The molecule has 34 heavy (non-hydrogen) atoms. The van der Waals surface area contributed by atoms with Gasteiger partial charge in [0.15, 0.2) is 17.3 Å². The zero-order valence-corrected chi connectivity index (χ0v) is 19.6. The molecular weight excluding hydrogens is 434 g/mol. The number of phenolic OH excluding ortho intramolecular Hbond substituents is 2. The first-order valence-corrected chi connectivity index (χ1v) is 11.2. The molecule has 2 aromatic carbocycles. The lowest BCUT2D eigenvalue weighted by molar-refractivity contribution is -0.123. The first-order valence-electron chi connectivity index (χ1n) is 11.2. The lowest BCUT2D eigenvalue weighted by Crippen LogP contribution is -2.41. The number of benzene rings is 2. The Morgan fingerprint density at radius 2 is 1.76 bits per heavy atom. The standard InChI is InChI=1S/C27H27NO6/c1-14-23(31)21(16(3)29)25-22(24(14)32)27(4)19(34-25)13-18(30)20(26(27)33)15(2)28-12-8-11-17-9-6-5-7-10-17/h5-7,9-10,13,28,31-32H,8,11-12H2,1-4H3/t27-/m0/s1. The van der Waals surface area contributed by atoms with Crippen LogP contribution in [-0.4, -0.2) is 34.1 Å². The van der Waals surface area contributed by atoms with E-state index in [1.54, 1.807) is 13.8 Å². The molecule has 0 fully saturated rings. The van der Waals surface area contributed by atoms with Crippen LogP contribution in [0.5, 0.6) is 17.2 Å². The van der Waals surface area contributed by atoms with Gasteiger partial charge in [-0.2, -0.15) is 0 Å². The highest BCUT2D eigenvalue weighted by Gasteiger charge is 2.56. The third-order valence-corrected chi connectivity index (χ3v) is 6.64. The van der Waals surface area contributed by atoms with Gasteiger partial charge in [-0.1, -0.05) is 30.3 Å². The van der Waals surface area contributed by atoms with Gasteiger partial charge in [-0.3, -0.25) is 14.4 Å². The number of ether oxygens (including phenoxy) is 1. The number of hydrogen-bond donors (Lipinski definition) is 3. The van der Waals surface area contributed by atoms with Crippen LogP contribution in [0.3, 0.4) is 0 Å². The van der Waals surface area contributed by atoms with E-state index in [4.69, 9.17) is 4.74 Å². The molecule has 0 aromatic heterocycles. The number of allylic oxidation sites excluding steroid dienone is 4. The van der Waals surface area contributed by atoms with Gasteiger partial charge in [0, 0.05) is 23.9 Å². The van der Waals surface area contributed by atoms with Crippen LogP contribution in [0.1, 0.15) is 54.2 Å². The Morgan fingerprint density at radius 1 is 1.09 bits per heavy atom. The number of carbonyl (C=O) groups excluding carboxylic acids is 3. The summed E-state index contributed by atoms with van der Waals surface area (Å²) >= 11 is 0. The molecule has 1 atom stereocenters. The van der Waals surface area contributed by atoms with Crippen molar-refractivity contribution in [2.45, 2.75) is 46.0 Å². The Labute approximate surface area is 197 Å². The summed E-state index contributed by atoms with van der Waals surface area (Å²) in [6.45, 7) is 6.52. The van der Waals surface area contributed by atoms with Gasteiger partial charge in [-0.05, 0) is 46.1 Å². The Morgan fingerprint density at radius 3 is 2.41 bits per heavy atom. The topological polar surface area (TPSA) is 113 Å². The maximum atomic E-state index is 13.7. The molecule has 4 rings (SSSR count). The number of carbonyl (C=O) groups is 3. The minimum atomic E-state index is -1.50. The summed E-state index contributed by atoms with van der Waals surface area (Å²) in [5.74, 6) is -2.32. The number of ketones is 3. The zero-order chi connectivity index (χ0) is 24.8. The van der Waals surface area contributed by atoms with Gasteiger partial charge in [-0.15, -0.1) is 0 Å². The van der Waals surface area contributed by atoms with E-state index in [9.17, 15) is 24.6 Å². The van der Waals surface area contributed by atoms with Crippen LogP contribution >= 0.6 is 0 Å². The highest BCUT2D eigenvalue weighted by molar-refractivity contribution is 6.31. The van der Waals surface area contributed by atoms with Crippen molar-refractivity contribution in [2.75, 3.05) is 6.54 Å². The van der Waals surface area contributed by atoms with Gasteiger partial charge >= 0.3 is 0 Å². The van der Waals surface area contributed by atoms with E-state index in [-0.39, 0.29) is 39.5 Å². The number of aryl methyl sites for hydroxylation is 1. The molecule has 3 N–H and O–H groups in total. The van der Waals surface area contributed by atoms with E-state index in [1.165, 1.54) is 25.5 Å². The molecule has 1 aliphatic heterocycles. The molecule has 7 heteroatoms. The van der Waals surface area contributed by atoms with Gasteiger partial charge in [0.25, 0.3) is 0 Å². The fourth-order valence-corrected chi connectivity index (χ4v) is 4.66. The molecule has 0 amide bonds. The maximum absolute atomic E-state index is 13.7. The van der Waals surface area contributed by atoms with E-state index >= 15 is 0 Å². The molecule has 1 heterocycles. The summed E-state index contributed by atoms with van der Waals surface area (Å²) in [5, 5.41) is 24.5. The summed E-state index contributed by atoms with van der Waals surface area (Å²) < 4.78 is 5.78. The number of fused-ring (bicyclic) bond motifs is 3. The largest absolute Gasteiger partial charge is 0.507 e. The van der Waals surface area contributed by atoms with Gasteiger partial charge < -0.3 is 20.3 Å². The third kappa shape index (κ3) is 3.48. The van der Waals surface area contributed by atoms with Crippen molar-refractivity contribution in [1.29, 1.82) is 0 Å². The van der Waals surface area contributed by atoms with Crippen LogP contribution in [0.25, 0.3) is 0 Å². The summed E-state index contributed by atoms with van der Waals surface area (Å²) in [5.41, 5.74) is 0.162. The number of rotatable bonds is 6. The van der Waals surface area contributed by atoms with Crippen LogP contribution in [0.2, 0.25) is 0 Å². The maximum Gasteiger partial charge on any atom is 0.194 e. The van der Waals surface area contributed by atoms with Crippen molar-refractivity contribution >= 4 is 17.3 Å². The summed E-state index contributed by atoms with van der Waals surface area (Å²) in [6.07, 6.45) is 2.88. The lowest BCUT2D eigenvalue weighted by atomic mass is 9.70. The Kier molecular flexibility index (Phi) is 5.81. The van der Waals surface area contributed by atoms with Gasteiger partial charge in [0.1, 0.15) is 34.0 Å². The second-order valence-corrected chi connectivity index (χ2v) is 8.90. The monoisotopic (exact) mass is 461 g/mol. The molecule has 2 aromatic rings. The number of phenols is 2. The van der Waals surface area contributed by atoms with Crippen LogP contribution in [0.4, 0.5) is 0 Å². The smallest absolute Gasteiger partial charge is 0.194 e. The fraction of sp³-hybridized carbons (Fsp3) is 0.296. The first-order chi connectivity index (χ1) is 16.1. The highest BCUT2D eigenvalue weighted by atomic mass is 16.5. The predicted molar refractivity (Wildman–Crippen MR) is 126 cm³/mol. The van der Waals surface area contributed by atoms with Crippen molar-refractivity contribution in [3.05, 3.63) is 75.7 Å². The second-order valence-electron chi connectivity index (χ2n) is 8.90. The molecule has 0 saturated carbocycles. The molecular formula is C27H27NO6. The normalized spacial score (nSPS) is 20.3. The number of hydrogen-bond acceptors (Lipinski definition) is 7. The van der Waals surface area contributed by atoms with E-state index in [1.807, 2.05) is 30.3 Å². The number of Topliss-reactive ketones (excluding diaryl/α,β-unsaturated/α-hetero) is 2. The van der Waals surface area contributed by atoms with Crippen LogP contribution in [-0.2, 0) is 21.4 Å². The van der Waals surface area contributed by atoms with Crippen LogP contribution in [0.15, 0.2) is 53.4 Å².